The van der Waals surface area contributed by atoms with Crippen LogP contribution in [0.3, 0.4) is 0 Å². The maximum atomic E-state index is 12.8. The Bertz CT molecular complexity index is 970. The molecule has 3 rings (SSSR count). The van der Waals surface area contributed by atoms with Gasteiger partial charge in [0.15, 0.2) is 11.5 Å². The van der Waals surface area contributed by atoms with Crippen LogP contribution in [0.15, 0.2) is 22.6 Å². The molecule has 0 saturated heterocycles. The number of anilines is 1. The average Bonchev–Trinajstić information content (AvgIpc) is 2.96. The van der Waals surface area contributed by atoms with E-state index in [-0.39, 0.29) is 28.2 Å². The van der Waals surface area contributed by atoms with Gasteiger partial charge in [-0.3, -0.25) is 9.59 Å². The van der Waals surface area contributed by atoms with Crippen molar-refractivity contribution in [1.29, 1.82) is 0 Å². The van der Waals surface area contributed by atoms with Gasteiger partial charge >= 0.3 is 5.97 Å². The molecule has 0 unspecified atom stereocenters. The third-order valence-corrected chi connectivity index (χ3v) is 4.86. The number of ether oxygens (including phenoxy) is 2. The molecule has 7 heteroatoms. The molecule has 1 aliphatic rings. The van der Waals surface area contributed by atoms with Crippen molar-refractivity contribution < 1.29 is 28.3 Å². The molecule has 0 fully saturated rings. The van der Waals surface area contributed by atoms with Gasteiger partial charge in [0.25, 0.3) is 5.91 Å². The highest BCUT2D eigenvalue weighted by Gasteiger charge is 2.37. The van der Waals surface area contributed by atoms with Gasteiger partial charge in [-0.25, -0.2) is 4.79 Å². The van der Waals surface area contributed by atoms with Crippen LogP contribution in [0, 0.1) is 12.3 Å². The van der Waals surface area contributed by atoms with Crippen molar-refractivity contribution >= 4 is 23.3 Å². The molecule has 1 amide bonds. The van der Waals surface area contributed by atoms with Crippen LogP contribution >= 0.6 is 0 Å². The van der Waals surface area contributed by atoms with Crippen molar-refractivity contribution in [3.05, 3.63) is 46.4 Å². The monoisotopic (exact) mass is 385 g/mol. The lowest BCUT2D eigenvalue weighted by molar-refractivity contribution is 0.0601. The first-order valence-corrected chi connectivity index (χ1v) is 8.90. The summed E-state index contributed by atoms with van der Waals surface area (Å²) in [5.41, 5.74) is 1.21. The summed E-state index contributed by atoms with van der Waals surface area (Å²) >= 11 is 0. The fourth-order valence-electron chi connectivity index (χ4n) is 3.52. The predicted molar refractivity (Wildman–Crippen MR) is 102 cm³/mol. The van der Waals surface area contributed by atoms with Crippen molar-refractivity contribution in [2.75, 3.05) is 19.5 Å². The van der Waals surface area contributed by atoms with Crippen molar-refractivity contribution in [3.63, 3.8) is 0 Å². The summed E-state index contributed by atoms with van der Waals surface area (Å²) in [6.45, 7) is 5.68. The number of hydrogen-bond donors (Lipinski definition) is 1. The van der Waals surface area contributed by atoms with E-state index in [1.165, 1.54) is 20.3 Å². The number of benzene rings is 1. The van der Waals surface area contributed by atoms with Gasteiger partial charge in [0.05, 0.1) is 31.0 Å². The second-order valence-corrected chi connectivity index (χ2v) is 7.65. The molecule has 0 spiro atoms. The number of nitrogens with one attached hydrogen (secondary N) is 1. The second-order valence-electron chi connectivity index (χ2n) is 7.65. The smallest absolute Gasteiger partial charge is 0.340 e. The Labute approximate surface area is 163 Å². The van der Waals surface area contributed by atoms with Crippen LogP contribution in [0.5, 0.6) is 5.75 Å². The summed E-state index contributed by atoms with van der Waals surface area (Å²) in [6.07, 6.45) is 0.991. The number of fused-ring (bicyclic) bond motifs is 1. The topological polar surface area (TPSA) is 94.8 Å². The van der Waals surface area contributed by atoms with Gasteiger partial charge < -0.3 is 19.2 Å². The van der Waals surface area contributed by atoms with Gasteiger partial charge in [0, 0.05) is 18.4 Å². The molecule has 148 valence electrons. The molecule has 1 aliphatic carbocycles. The number of esters is 1. The minimum Gasteiger partial charge on any atom is -0.497 e. The van der Waals surface area contributed by atoms with Crippen molar-refractivity contribution in [3.8, 4) is 5.75 Å². The number of ketones is 1. The molecule has 28 heavy (non-hydrogen) atoms. The Balaban J connectivity index is 1.95. The lowest BCUT2D eigenvalue weighted by atomic mass is 9.76. The lowest BCUT2D eigenvalue weighted by Crippen LogP contribution is -2.26. The standard InChI is InChI=1S/C21H23NO6/c1-11-17-15(23)9-21(2,3)10-16(17)28-18(11)19(24)22-14-7-6-12(26-4)8-13(14)20(25)27-5/h6-8H,9-10H2,1-5H3,(H,22,24). The minimum atomic E-state index is -0.610. The zero-order valence-corrected chi connectivity index (χ0v) is 16.6. The number of methoxy groups -OCH3 is 2. The molecule has 1 aromatic carbocycles. The summed E-state index contributed by atoms with van der Waals surface area (Å²) in [5.74, 6) is -0.106. The van der Waals surface area contributed by atoms with Crippen LogP contribution in [0.4, 0.5) is 5.69 Å². The largest absolute Gasteiger partial charge is 0.497 e. The van der Waals surface area contributed by atoms with E-state index in [1.54, 1.807) is 19.1 Å². The summed E-state index contributed by atoms with van der Waals surface area (Å²) < 4.78 is 15.7. The Morgan fingerprint density at radius 1 is 1.18 bits per heavy atom. The molecule has 0 atom stereocenters. The molecule has 7 nitrogen and oxygen atoms in total. The minimum absolute atomic E-state index is 0.0220. The van der Waals surface area contributed by atoms with E-state index in [4.69, 9.17) is 13.9 Å². The first kappa shape index (κ1) is 19.7. The van der Waals surface area contributed by atoms with E-state index in [0.717, 1.165) is 0 Å². The Hall–Kier alpha value is -3.09. The summed E-state index contributed by atoms with van der Waals surface area (Å²) in [5, 5.41) is 2.68. The quantitative estimate of drug-likeness (QED) is 0.805. The van der Waals surface area contributed by atoms with Gasteiger partial charge in [0.2, 0.25) is 0 Å². The fourth-order valence-corrected chi connectivity index (χ4v) is 3.52. The SMILES string of the molecule is COC(=O)c1cc(OC)ccc1NC(=O)c1oc2c(c1C)C(=O)CC(C)(C)C2. The van der Waals surface area contributed by atoms with Gasteiger partial charge in [-0.15, -0.1) is 0 Å². The van der Waals surface area contributed by atoms with Gasteiger partial charge in [-0.2, -0.15) is 0 Å². The van der Waals surface area contributed by atoms with E-state index in [9.17, 15) is 14.4 Å². The number of carbonyl (C=O) groups is 3. The lowest BCUT2D eigenvalue weighted by Gasteiger charge is -2.27. The van der Waals surface area contributed by atoms with Gasteiger partial charge in [-0.1, -0.05) is 13.8 Å². The number of furan rings is 1. The fraction of sp³-hybridized carbons (Fsp3) is 0.381. The van der Waals surface area contributed by atoms with Crippen LogP contribution in [0.1, 0.15) is 62.9 Å². The molecule has 1 N–H and O–H groups in total. The highest BCUT2D eigenvalue weighted by molar-refractivity contribution is 6.10. The van der Waals surface area contributed by atoms with E-state index < -0.39 is 11.9 Å². The van der Waals surface area contributed by atoms with E-state index in [2.05, 4.69) is 5.32 Å². The maximum Gasteiger partial charge on any atom is 0.340 e. The maximum absolute atomic E-state index is 12.8. The summed E-state index contributed by atoms with van der Waals surface area (Å²) in [7, 11) is 2.73. The van der Waals surface area contributed by atoms with Gasteiger partial charge in [-0.05, 0) is 30.5 Å². The third-order valence-electron chi connectivity index (χ3n) is 4.86. The summed E-state index contributed by atoms with van der Waals surface area (Å²) in [4.78, 5) is 37.4. The van der Waals surface area contributed by atoms with Crippen molar-refractivity contribution in [2.45, 2.75) is 33.6 Å². The van der Waals surface area contributed by atoms with Crippen molar-refractivity contribution in [1.82, 2.24) is 0 Å². The molecule has 0 saturated carbocycles. The Morgan fingerprint density at radius 3 is 2.54 bits per heavy atom. The van der Waals surface area contributed by atoms with Crippen LogP contribution < -0.4 is 10.1 Å². The molecule has 1 heterocycles. The zero-order valence-electron chi connectivity index (χ0n) is 16.6. The molecular formula is C21H23NO6. The number of carbonyl (C=O) groups excluding carboxylic acids is 3. The first-order valence-electron chi connectivity index (χ1n) is 8.90. The molecule has 0 bridgehead atoms. The zero-order chi connectivity index (χ0) is 20.6. The van der Waals surface area contributed by atoms with E-state index in [0.29, 0.717) is 35.5 Å². The Morgan fingerprint density at radius 2 is 1.89 bits per heavy atom. The van der Waals surface area contributed by atoms with Crippen LogP contribution in [-0.4, -0.2) is 31.9 Å². The van der Waals surface area contributed by atoms with E-state index >= 15 is 0 Å². The molecular weight excluding hydrogens is 362 g/mol. The number of hydrogen-bond acceptors (Lipinski definition) is 6. The summed E-state index contributed by atoms with van der Waals surface area (Å²) in [6, 6.07) is 4.65. The number of Topliss-reactive ketones (excluding diaryl/α,β-unsaturated/α-hetero) is 1. The van der Waals surface area contributed by atoms with Crippen LogP contribution in [0.25, 0.3) is 0 Å². The first-order chi connectivity index (χ1) is 13.2. The third kappa shape index (κ3) is 3.52. The highest BCUT2D eigenvalue weighted by Crippen LogP contribution is 2.38. The molecule has 0 radical (unpaired) electrons. The van der Waals surface area contributed by atoms with Crippen LogP contribution in [0.2, 0.25) is 0 Å². The van der Waals surface area contributed by atoms with Crippen molar-refractivity contribution in [2.24, 2.45) is 5.41 Å². The highest BCUT2D eigenvalue weighted by atomic mass is 16.5. The van der Waals surface area contributed by atoms with E-state index in [1.807, 2.05) is 13.8 Å². The molecule has 1 aromatic heterocycles. The molecule has 2 aromatic rings. The number of amides is 1. The normalized spacial score (nSPS) is 15.0. The average molecular weight is 385 g/mol. The van der Waals surface area contributed by atoms with Gasteiger partial charge in [0.1, 0.15) is 11.5 Å². The Kier molecular flexibility index (Phi) is 5.02. The second kappa shape index (κ2) is 7.14. The number of rotatable bonds is 4. The predicted octanol–water partition coefficient (Wildman–Crippen LogP) is 3.79. The van der Waals surface area contributed by atoms with Crippen LogP contribution in [-0.2, 0) is 11.2 Å². The molecule has 0 aliphatic heterocycles.